The van der Waals surface area contributed by atoms with Gasteiger partial charge in [-0.25, -0.2) is 18.1 Å². The number of nitrogens with one attached hydrogen (secondary N) is 3. The SMILES string of the molecule is O=C(NS(=O)(=O)c1ccc(NCC2CCOCC2)c([N+](=O)[O-])c1)c1ccc(N2CC(CN3CCCC3c3ccccc3C3CC3)C2)cc1Oc1cnc2[nH]ccc2c1. The number of anilines is 2. The van der Waals surface area contributed by atoms with Crippen LogP contribution in [0.2, 0.25) is 0 Å². The van der Waals surface area contributed by atoms with Crippen molar-refractivity contribution in [2.75, 3.05) is 56.2 Å². The molecule has 1 amide bonds. The summed E-state index contributed by atoms with van der Waals surface area (Å²) in [5, 5.41) is 16.0. The smallest absolute Gasteiger partial charge is 0.293 e. The van der Waals surface area contributed by atoms with Gasteiger partial charge in [-0.3, -0.25) is 19.8 Å². The van der Waals surface area contributed by atoms with Crippen molar-refractivity contribution in [2.45, 2.75) is 55.4 Å². The minimum Gasteiger partial charge on any atom is -0.455 e. The number of nitro groups is 1. The van der Waals surface area contributed by atoms with Crippen molar-refractivity contribution in [3.05, 3.63) is 112 Å². The Hall–Kier alpha value is -5.51. The maximum Gasteiger partial charge on any atom is 0.293 e. The molecule has 4 fully saturated rings. The number of aromatic amines is 1. The molecule has 3 saturated heterocycles. The Morgan fingerprint density at radius 3 is 2.57 bits per heavy atom. The Morgan fingerprint density at radius 2 is 1.78 bits per heavy atom. The average Bonchev–Trinajstić information content (AvgIpc) is 3.77. The monoisotopic (exact) mass is 805 g/mol. The number of nitrogens with zero attached hydrogens (tertiary/aromatic N) is 4. The third-order valence-electron chi connectivity index (χ3n) is 12.0. The van der Waals surface area contributed by atoms with E-state index in [9.17, 15) is 23.3 Å². The van der Waals surface area contributed by atoms with Gasteiger partial charge in [-0.05, 0) is 104 Å². The van der Waals surface area contributed by atoms with Crippen LogP contribution in [0.3, 0.4) is 0 Å². The fourth-order valence-corrected chi connectivity index (χ4v) is 9.69. The first kappa shape index (κ1) is 38.0. The Kier molecular flexibility index (Phi) is 10.5. The second-order valence-corrected chi connectivity index (χ2v) is 17.7. The predicted molar refractivity (Wildman–Crippen MR) is 220 cm³/mol. The number of hydrogen-bond donors (Lipinski definition) is 3. The molecule has 15 heteroatoms. The average molecular weight is 806 g/mol. The highest BCUT2D eigenvalue weighted by Gasteiger charge is 2.36. The van der Waals surface area contributed by atoms with Crippen LogP contribution in [0.25, 0.3) is 11.0 Å². The number of sulfonamides is 1. The lowest BCUT2D eigenvalue weighted by molar-refractivity contribution is -0.384. The highest BCUT2D eigenvalue weighted by atomic mass is 32.2. The van der Waals surface area contributed by atoms with E-state index in [-0.39, 0.29) is 22.9 Å². The van der Waals surface area contributed by atoms with Gasteiger partial charge in [0.15, 0.2) is 0 Å². The molecule has 4 aliphatic rings. The lowest BCUT2D eigenvalue weighted by Gasteiger charge is -2.44. The molecule has 5 heterocycles. The van der Waals surface area contributed by atoms with Gasteiger partial charge >= 0.3 is 0 Å². The lowest BCUT2D eigenvalue weighted by Crippen LogP contribution is -2.51. The molecule has 1 unspecified atom stereocenters. The van der Waals surface area contributed by atoms with E-state index in [1.807, 2.05) is 6.07 Å². The molecule has 1 atom stereocenters. The van der Waals surface area contributed by atoms with Gasteiger partial charge in [0.2, 0.25) is 0 Å². The summed E-state index contributed by atoms with van der Waals surface area (Å²) >= 11 is 0. The number of amides is 1. The van der Waals surface area contributed by atoms with Crippen LogP contribution >= 0.6 is 0 Å². The van der Waals surface area contributed by atoms with E-state index in [1.165, 1.54) is 55.1 Å². The van der Waals surface area contributed by atoms with E-state index in [0.717, 1.165) is 56.2 Å². The number of nitro benzene ring substituents is 1. The van der Waals surface area contributed by atoms with Crippen molar-refractivity contribution >= 4 is 44.0 Å². The normalized spacial score (nSPS) is 19.2. The second kappa shape index (κ2) is 16.0. The van der Waals surface area contributed by atoms with Crippen molar-refractivity contribution in [1.29, 1.82) is 0 Å². The summed E-state index contributed by atoms with van der Waals surface area (Å²) in [6, 6.07) is 21.8. The molecule has 1 saturated carbocycles. The number of benzene rings is 3. The molecular weight excluding hydrogens is 759 g/mol. The summed E-state index contributed by atoms with van der Waals surface area (Å²) in [4.78, 5) is 37.2. The fraction of sp³-hybridized carbons (Fsp3) is 0.395. The van der Waals surface area contributed by atoms with E-state index < -0.39 is 31.4 Å². The van der Waals surface area contributed by atoms with Gasteiger partial charge in [0, 0.05) is 80.8 Å². The molecule has 2 aromatic heterocycles. The van der Waals surface area contributed by atoms with Crippen molar-refractivity contribution in [3.63, 3.8) is 0 Å². The first-order chi connectivity index (χ1) is 28.2. The van der Waals surface area contributed by atoms with Crippen LogP contribution in [0.1, 0.15) is 72.0 Å². The van der Waals surface area contributed by atoms with Gasteiger partial charge < -0.3 is 24.7 Å². The summed E-state index contributed by atoms with van der Waals surface area (Å²) in [5.74, 6) is 1.05. The van der Waals surface area contributed by atoms with E-state index in [0.29, 0.717) is 49.0 Å². The largest absolute Gasteiger partial charge is 0.455 e. The first-order valence-corrected chi connectivity index (χ1v) is 21.7. The van der Waals surface area contributed by atoms with Crippen LogP contribution in [0.4, 0.5) is 17.1 Å². The summed E-state index contributed by atoms with van der Waals surface area (Å²) in [7, 11) is -4.53. The van der Waals surface area contributed by atoms with Crippen LogP contribution < -0.4 is 19.7 Å². The third-order valence-corrected chi connectivity index (χ3v) is 13.3. The van der Waals surface area contributed by atoms with Crippen molar-refractivity contribution in [3.8, 4) is 11.5 Å². The standard InChI is InChI=1S/C43H47N7O7S/c51-43(47-58(54,55)34-10-12-38(40(22-34)50(52)53)45-23-28-14-18-56-19-15-28)37-11-9-32(21-41(37)57-33-20-31-13-16-44-42(31)46-24-33)49-26-29(27-49)25-48-17-3-6-39(48)36-5-2-1-4-35(36)30-7-8-30/h1-2,4-5,9-13,16,20-22,24,28-30,39,45H,3,6-8,14-15,17-19,23,25-27H2,(H,44,46)(H,47,51). The summed E-state index contributed by atoms with van der Waals surface area (Å²) in [6.45, 7) is 5.53. The minimum atomic E-state index is -4.53. The first-order valence-electron chi connectivity index (χ1n) is 20.2. The number of ether oxygens (including phenoxy) is 2. The van der Waals surface area contributed by atoms with E-state index in [1.54, 1.807) is 30.5 Å². The third kappa shape index (κ3) is 8.11. The summed E-state index contributed by atoms with van der Waals surface area (Å²) in [5.41, 5.74) is 4.32. The van der Waals surface area contributed by atoms with Crippen LogP contribution in [0.5, 0.6) is 11.5 Å². The number of pyridine rings is 1. The molecule has 1 aliphatic carbocycles. The second-order valence-electron chi connectivity index (χ2n) is 16.0. The zero-order chi connectivity index (χ0) is 39.8. The molecule has 9 rings (SSSR count). The van der Waals surface area contributed by atoms with Crippen molar-refractivity contribution < 1.29 is 27.6 Å². The predicted octanol–water partition coefficient (Wildman–Crippen LogP) is 7.37. The number of fused-ring (bicyclic) bond motifs is 1. The molecule has 58 heavy (non-hydrogen) atoms. The zero-order valence-corrected chi connectivity index (χ0v) is 33.0. The van der Waals surface area contributed by atoms with E-state index in [2.05, 4.69) is 54.1 Å². The molecule has 0 radical (unpaired) electrons. The maximum absolute atomic E-state index is 13.8. The van der Waals surface area contributed by atoms with E-state index >= 15 is 0 Å². The number of H-pyrrole nitrogens is 1. The van der Waals surface area contributed by atoms with Gasteiger partial charge in [-0.2, -0.15) is 0 Å². The molecular formula is C43H47N7O7S. The number of hydrogen-bond acceptors (Lipinski definition) is 11. The Bertz CT molecular complexity index is 2440. The van der Waals surface area contributed by atoms with Gasteiger partial charge in [-0.1, -0.05) is 24.3 Å². The number of likely N-dealkylation sites (tertiary alicyclic amines) is 1. The summed E-state index contributed by atoms with van der Waals surface area (Å²) in [6.07, 6.45) is 9.91. The Morgan fingerprint density at radius 1 is 0.966 bits per heavy atom. The van der Waals surface area contributed by atoms with Gasteiger partial charge in [0.1, 0.15) is 22.8 Å². The zero-order valence-electron chi connectivity index (χ0n) is 32.1. The molecule has 0 spiro atoms. The lowest BCUT2D eigenvalue weighted by atomic mass is 9.93. The molecule has 3 aliphatic heterocycles. The summed E-state index contributed by atoms with van der Waals surface area (Å²) < 4.78 is 41.0. The van der Waals surface area contributed by atoms with Crippen LogP contribution in [0.15, 0.2) is 90.1 Å². The van der Waals surface area contributed by atoms with Gasteiger partial charge in [0.25, 0.3) is 21.6 Å². The molecule has 3 N–H and O–H groups in total. The number of rotatable bonds is 14. The quantitative estimate of drug-likeness (QED) is 0.0756. The topological polar surface area (TPSA) is 172 Å². The maximum atomic E-state index is 13.8. The van der Waals surface area contributed by atoms with Crippen LogP contribution in [-0.2, 0) is 14.8 Å². The van der Waals surface area contributed by atoms with Gasteiger partial charge in [-0.15, -0.1) is 0 Å². The molecule has 3 aromatic carbocycles. The minimum absolute atomic E-state index is 0.0166. The Balaban J connectivity index is 0.916. The van der Waals surface area contributed by atoms with Crippen molar-refractivity contribution in [1.82, 2.24) is 19.6 Å². The van der Waals surface area contributed by atoms with Crippen LogP contribution in [0, 0.1) is 22.0 Å². The Labute approximate surface area is 337 Å². The van der Waals surface area contributed by atoms with Crippen molar-refractivity contribution in [2.24, 2.45) is 11.8 Å². The highest BCUT2D eigenvalue weighted by Crippen LogP contribution is 2.46. The van der Waals surface area contributed by atoms with Crippen LogP contribution in [-0.4, -0.2) is 80.1 Å². The molecule has 302 valence electrons. The number of carbonyl (C=O) groups is 1. The number of carbonyl (C=O) groups excluding carboxylic acids is 1. The molecule has 0 bridgehead atoms. The molecule has 5 aromatic rings. The van der Waals surface area contributed by atoms with Gasteiger partial charge in [0.05, 0.1) is 21.6 Å². The number of aromatic nitrogens is 2. The van der Waals surface area contributed by atoms with E-state index in [4.69, 9.17) is 9.47 Å². The highest BCUT2D eigenvalue weighted by molar-refractivity contribution is 7.90. The molecule has 14 nitrogen and oxygen atoms in total. The fourth-order valence-electron chi connectivity index (χ4n) is 8.71.